The highest BCUT2D eigenvalue weighted by molar-refractivity contribution is 7.80. The number of amides is 1. The second-order valence-electron chi connectivity index (χ2n) is 6.69. The van der Waals surface area contributed by atoms with Crippen LogP contribution in [0.15, 0.2) is 64.4 Å². The van der Waals surface area contributed by atoms with E-state index in [9.17, 15) is 4.79 Å². The Morgan fingerprint density at radius 3 is 2.64 bits per heavy atom. The Balaban J connectivity index is 1.40. The summed E-state index contributed by atoms with van der Waals surface area (Å²) >= 11 is 12.6. The van der Waals surface area contributed by atoms with Crippen molar-refractivity contribution in [1.82, 2.24) is 10.3 Å². The zero-order valence-electron chi connectivity index (χ0n) is 17.5. The van der Waals surface area contributed by atoms with Gasteiger partial charge in [-0.25, -0.2) is 4.98 Å². The number of rotatable bonds is 6. The van der Waals surface area contributed by atoms with Gasteiger partial charge < -0.3 is 19.2 Å². The minimum Gasteiger partial charge on any atom is -0.493 e. The van der Waals surface area contributed by atoms with Crippen LogP contribution >= 0.6 is 35.2 Å². The second kappa shape index (κ2) is 10.0. The summed E-state index contributed by atoms with van der Waals surface area (Å²) < 4.78 is 16.3. The van der Waals surface area contributed by atoms with Crippen molar-refractivity contribution >= 4 is 51.3 Å². The van der Waals surface area contributed by atoms with Crippen molar-refractivity contribution in [2.75, 3.05) is 19.5 Å². The molecule has 33 heavy (non-hydrogen) atoms. The maximum Gasteiger partial charge on any atom is 0.293 e. The molecule has 0 atom stereocenters. The smallest absolute Gasteiger partial charge is 0.293 e. The fourth-order valence-electron chi connectivity index (χ4n) is 3.01. The molecule has 0 unspecified atom stereocenters. The number of nitrogens with one attached hydrogen (secondary N) is 2. The standard InChI is InChI=1S/C23H18ClN3O4S2/c1-29-18-7-6-13(11-20(18)30-2)16-12-33-23(25-16)27-22(32)26-21(28)19-9-8-17(31-19)14-4-3-5-15(24)10-14/h3-12H,1-2H3,(H2,25,26,27,28,32). The maximum atomic E-state index is 12.5. The molecular formula is C23H18ClN3O4S2. The van der Waals surface area contributed by atoms with Gasteiger partial charge in [0.05, 0.1) is 19.9 Å². The van der Waals surface area contributed by atoms with Crippen molar-refractivity contribution in [1.29, 1.82) is 0 Å². The van der Waals surface area contributed by atoms with Crippen LogP contribution in [0.25, 0.3) is 22.6 Å². The van der Waals surface area contributed by atoms with Crippen LogP contribution in [-0.4, -0.2) is 30.2 Å². The highest BCUT2D eigenvalue weighted by Crippen LogP contribution is 2.33. The molecule has 4 rings (SSSR count). The highest BCUT2D eigenvalue weighted by atomic mass is 35.5. The molecular weight excluding hydrogens is 482 g/mol. The number of ether oxygens (including phenoxy) is 2. The molecule has 10 heteroatoms. The van der Waals surface area contributed by atoms with Crippen LogP contribution in [0.1, 0.15) is 10.6 Å². The topological polar surface area (TPSA) is 85.6 Å². The third-order valence-corrected chi connectivity index (χ3v) is 5.77. The van der Waals surface area contributed by atoms with Gasteiger partial charge in [-0.1, -0.05) is 23.7 Å². The molecule has 2 N–H and O–H groups in total. The number of benzene rings is 2. The summed E-state index contributed by atoms with van der Waals surface area (Å²) in [4.78, 5) is 17.0. The molecule has 0 radical (unpaired) electrons. The summed E-state index contributed by atoms with van der Waals surface area (Å²) in [5.74, 6) is 1.42. The molecule has 0 aliphatic heterocycles. The predicted molar refractivity (Wildman–Crippen MR) is 133 cm³/mol. The number of nitrogens with zero attached hydrogens (tertiary/aromatic N) is 1. The first-order valence-electron chi connectivity index (χ1n) is 9.63. The normalized spacial score (nSPS) is 10.5. The number of aromatic nitrogens is 1. The predicted octanol–water partition coefficient (Wildman–Crippen LogP) is 5.87. The number of halogens is 1. The van der Waals surface area contributed by atoms with E-state index in [1.54, 1.807) is 38.5 Å². The minimum atomic E-state index is -0.475. The first-order valence-corrected chi connectivity index (χ1v) is 11.3. The molecule has 0 saturated heterocycles. The van der Waals surface area contributed by atoms with Crippen LogP contribution in [0, 0.1) is 0 Å². The molecule has 0 saturated carbocycles. The van der Waals surface area contributed by atoms with E-state index < -0.39 is 5.91 Å². The van der Waals surface area contributed by atoms with Crippen molar-refractivity contribution in [2.45, 2.75) is 0 Å². The summed E-state index contributed by atoms with van der Waals surface area (Å²) in [6.07, 6.45) is 0. The Bertz CT molecular complexity index is 1320. The van der Waals surface area contributed by atoms with Crippen molar-refractivity contribution < 1.29 is 18.7 Å². The van der Waals surface area contributed by atoms with E-state index in [4.69, 9.17) is 37.7 Å². The fourth-order valence-corrected chi connectivity index (χ4v) is 4.18. The Labute approximate surface area is 204 Å². The number of furan rings is 1. The zero-order chi connectivity index (χ0) is 23.4. The Morgan fingerprint density at radius 1 is 1.06 bits per heavy atom. The SMILES string of the molecule is COc1ccc(-c2csc(NC(=S)NC(=O)c3ccc(-c4cccc(Cl)c4)o3)n2)cc1OC. The van der Waals surface area contributed by atoms with E-state index in [-0.39, 0.29) is 10.9 Å². The third kappa shape index (κ3) is 5.33. The molecule has 0 aliphatic carbocycles. The maximum absolute atomic E-state index is 12.5. The average molecular weight is 500 g/mol. The van der Waals surface area contributed by atoms with Crippen LogP contribution in [0.5, 0.6) is 11.5 Å². The number of anilines is 1. The van der Waals surface area contributed by atoms with Crippen molar-refractivity contribution in [3.8, 4) is 34.1 Å². The van der Waals surface area contributed by atoms with Crippen LogP contribution in [0.2, 0.25) is 5.02 Å². The number of carbonyl (C=O) groups is 1. The Morgan fingerprint density at radius 2 is 1.88 bits per heavy atom. The summed E-state index contributed by atoms with van der Waals surface area (Å²) in [6.45, 7) is 0. The number of thiazole rings is 1. The van der Waals surface area contributed by atoms with Crippen LogP contribution < -0.4 is 20.1 Å². The lowest BCUT2D eigenvalue weighted by molar-refractivity contribution is 0.0951. The molecule has 2 aromatic heterocycles. The van der Waals surface area contributed by atoms with Gasteiger partial charge in [-0.05, 0) is 54.7 Å². The molecule has 0 aliphatic rings. The largest absolute Gasteiger partial charge is 0.493 e. The fraction of sp³-hybridized carbons (Fsp3) is 0.0870. The molecule has 168 valence electrons. The van der Waals surface area contributed by atoms with Gasteiger partial charge in [0.15, 0.2) is 27.5 Å². The third-order valence-electron chi connectivity index (χ3n) is 4.57. The Kier molecular flexibility index (Phi) is 6.93. The van der Waals surface area contributed by atoms with Gasteiger partial charge in [-0.3, -0.25) is 10.1 Å². The highest BCUT2D eigenvalue weighted by Gasteiger charge is 2.15. The van der Waals surface area contributed by atoms with Crippen molar-refractivity contribution in [3.05, 3.63) is 70.8 Å². The average Bonchev–Trinajstić information content (AvgIpc) is 3.49. The number of hydrogen-bond donors (Lipinski definition) is 2. The van der Waals surface area contributed by atoms with Gasteiger partial charge in [0, 0.05) is 21.5 Å². The van der Waals surface area contributed by atoms with E-state index in [1.807, 2.05) is 35.7 Å². The molecule has 0 spiro atoms. The van der Waals surface area contributed by atoms with Gasteiger partial charge in [0.1, 0.15) is 5.76 Å². The van der Waals surface area contributed by atoms with E-state index in [2.05, 4.69) is 15.6 Å². The molecule has 1 amide bonds. The summed E-state index contributed by atoms with van der Waals surface area (Å²) in [7, 11) is 3.16. The lowest BCUT2D eigenvalue weighted by Gasteiger charge is -2.08. The first kappa shape index (κ1) is 22.8. The number of methoxy groups -OCH3 is 2. The number of carbonyl (C=O) groups excluding carboxylic acids is 1. The van der Waals surface area contributed by atoms with Gasteiger partial charge in [-0.2, -0.15) is 0 Å². The Hall–Kier alpha value is -3.40. The van der Waals surface area contributed by atoms with Gasteiger partial charge >= 0.3 is 0 Å². The first-order chi connectivity index (χ1) is 16.0. The lowest BCUT2D eigenvalue weighted by atomic mass is 10.1. The van der Waals surface area contributed by atoms with Gasteiger partial charge in [0.25, 0.3) is 5.91 Å². The summed E-state index contributed by atoms with van der Waals surface area (Å²) in [5.41, 5.74) is 2.36. The zero-order valence-corrected chi connectivity index (χ0v) is 19.9. The minimum absolute atomic E-state index is 0.105. The van der Waals surface area contributed by atoms with Gasteiger partial charge in [-0.15, -0.1) is 11.3 Å². The number of hydrogen-bond acceptors (Lipinski definition) is 7. The summed E-state index contributed by atoms with van der Waals surface area (Å²) in [5, 5.41) is 8.61. The van der Waals surface area contributed by atoms with Crippen molar-refractivity contribution in [3.63, 3.8) is 0 Å². The van der Waals surface area contributed by atoms with Crippen molar-refractivity contribution in [2.24, 2.45) is 0 Å². The molecule has 0 bridgehead atoms. The van der Waals surface area contributed by atoms with Crippen LogP contribution in [0.4, 0.5) is 5.13 Å². The molecule has 7 nitrogen and oxygen atoms in total. The van der Waals surface area contributed by atoms with E-state index in [1.165, 1.54) is 11.3 Å². The van der Waals surface area contributed by atoms with E-state index in [0.717, 1.165) is 16.8 Å². The molecule has 2 heterocycles. The van der Waals surface area contributed by atoms with Crippen LogP contribution in [0.3, 0.4) is 0 Å². The quantitative estimate of drug-likeness (QED) is 0.321. The van der Waals surface area contributed by atoms with E-state index >= 15 is 0 Å². The van der Waals surface area contributed by atoms with Crippen LogP contribution in [-0.2, 0) is 0 Å². The second-order valence-corrected chi connectivity index (χ2v) is 8.39. The molecule has 4 aromatic rings. The summed E-state index contributed by atoms with van der Waals surface area (Å²) in [6, 6.07) is 16.0. The molecule has 0 fully saturated rings. The number of thiocarbonyl (C=S) groups is 1. The van der Waals surface area contributed by atoms with E-state index in [0.29, 0.717) is 27.4 Å². The van der Waals surface area contributed by atoms with Gasteiger partial charge in [0.2, 0.25) is 0 Å². The lowest BCUT2D eigenvalue weighted by Crippen LogP contribution is -2.33. The monoisotopic (exact) mass is 499 g/mol. The molecule has 2 aromatic carbocycles.